The van der Waals surface area contributed by atoms with E-state index in [4.69, 9.17) is 5.11 Å². The van der Waals surface area contributed by atoms with Gasteiger partial charge in [0, 0.05) is 31.7 Å². The molecule has 0 radical (unpaired) electrons. The van der Waals surface area contributed by atoms with Gasteiger partial charge in [0.2, 0.25) is 0 Å². The molecule has 2 N–H and O–H groups in total. The maximum atomic E-state index is 12.0. The lowest BCUT2D eigenvalue weighted by atomic mass is 9.99. The van der Waals surface area contributed by atoms with E-state index in [0.717, 1.165) is 25.3 Å². The molecule has 2 fully saturated rings. The van der Waals surface area contributed by atoms with Crippen LogP contribution in [0.1, 0.15) is 51.9 Å². The van der Waals surface area contributed by atoms with Crippen molar-refractivity contribution in [2.75, 3.05) is 19.7 Å². The van der Waals surface area contributed by atoms with Crippen LogP contribution < -0.4 is 5.32 Å². The Kier molecular flexibility index (Phi) is 5.49. The highest BCUT2D eigenvalue weighted by Crippen LogP contribution is 2.28. The zero-order chi connectivity index (χ0) is 13.7. The van der Waals surface area contributed by atoms with Crippen molar-refractivity contribution in [1.29, 1.82) is 0 Å². The normalized spacial score (nSPS) is 25.8. The second-order valence-corrected chi connectivity index (χ2v) is 6.36. The minimum absolute atomic E-state index is 0.0508. The van der Waals surface area contributed by atoms with E-state index in [0.29, 0.717) is 6.54 Å². The van der Waals surface area contributed by atoms with E-state index in [2.05, 4.69) is 12.2 Å². The smallest absolute Gasteiger partial charge is 0.317 e. The summed E-state index contributed by atoms with van der Waals surface area (Å²) in [5, 5.41) is 12.2. The molecule has 2 aliphatic rings. The van der Waals surface area contributed by atoms with Gasteiger partial charge in [0.25, 0.3) is 0 Å². The van der Waals surface area contributed by atoms with Gasteiger partial charge in [0.05, 0.1) is 0 Å². The molecule has 19 heavy (non-hydrogen) atoms. The van der Waals surface area contributed by atoms with Gasteiger partial charge in [-0.2, -0.15) is 0 Å². The predicted octanol–water partition coefficient (Wildman–Crippen LogP) is 2.37. The molecule has 4 heteroatoms. The number of amides is 2. The minimum atomic E-state index is 0.0508. The summed E-state index contributed by atoms with van der Waals surface area (Å²) < 4.78 is 0. The maximum Gasteiger partial charge on any atom is 0.317 e. The lowest BCUT2D eigenvalue weighted by Gasteiger charge is -2.21. The van der Waals surface area contributed by atoms with Crippen molar-refractivity contribution in [2.45, 2.75) is 57.9 Å². The standard InChI is InChI=1S/C15H28N2O2/c1-12(6-7-13-4-2-3-5-13)16-15(19)17-9-8-14(10-17)11-18/h12-14,18H,2-11H2,1H3,(H,16,19). The second-order valence-electron chi connectivity index (χ2n) is 6.36. The highest BCUT2D eigenvalue weighted by Gasteiger charge is 2.26. The molecular weight excluding hydrogens is 240 g/mol. The fraction of sp³-hybridized carbons (Fsp3) is 0.933. The first-order valence-electron chi connectivity index (χ1n) is 7.85. The molecule has 2 amide bonds. The molecule has 1 heterocycles. The Hall–Kier alpha value is -0.770. The zero-order valence-electron chi connectivity index (χ0n) is 12.1. The summed E-state index contributed by atoms with van der Waals surface area (Å²) in [7, 11) is 0. The summed E-state index contributed by atoms with van der Waals surface area (Å²) in [6.45, 7) is 3.79. The number of hydrogen-bond donors (Lipinski definition) is 2. The number of hydrogen-bond acceptors (Lipinski definition) is 2. The number of nitrogens with zero attached hydrogens (tertiary/aromatic N) is 1. The van der Waals surface area contributed by atoms with Crippen LogP contribution in [0.15, 0.2) is 0 Å². The van der Waals surface area contributed by atoms with Crippen LogP contribution in [-0.4, -0.2) is 41.8 Å². The summed E-state index contributed by atoms with van der Waals surface area (Å²) in [5.74, 6) is 1.17. The van der Waals surface area contributed by atoms with E-state index in [1.54, 1.807) is 0 Å². The van der Waals surface area contributed by atoms with Crippen LogP contribution >= 0.6 is 0 Å². The van der Waals surface area contributed by atoms with Gasteiger partial charge in [-0.3, -0.25) is 0 Å². The van der Waals surface area contributed by atoms with Crippen LogP contribution in [-0.2, 0) is 0 Å². The van der Waals surface area contributed by atoms with Crippen molar-refractivity contribution in [3.8, 4) is 0 Å². The number of carbonyl (C=O) groups is 1. The third kappa shape index (κ3) is 4.37. The molecule has 0 aromatic heterocycles. The Morgan fingerprint density at radius 3 is 2.68 bits per heavy atom. The number of aliphatic hydroxyl groups excluding tert-OH is 1. The fourth-order valence-electron chi connectivity index (χ4n) is 3.33. The molecule has 0 aromatic carbocycles. The molecule has 2 unspecified atom stereocenters. The molecule has 1 saturated heterocycles. The van der Waals surface area contributed by atoms with Crippen LogP contribution in [0.5, 0.6) is 0 Å². The van der Waals surface area contributed by atoms with Crippen LogP contribution in [0, 0.1) is 11.8 Å². The molecule has 1 aliphatic heterocycles. The topological polar surface area (TPSA) is 52.6 Å². The van der Waals surface area contributed by atoms with E-state index in [1.807, 2.05) is 4.90 Å². The van der Waals surface area contributed by atoms with Crippen molar-refractivity contribution < 1.29 is 9.90 Å². The molecule has 1 saturated carbocycles. The molecule has 1 aliphatic carbocycles. The van der Waals surface area contributed by atoms with Gasteiger partial charge in [0.15, 0.2) is 0 Å². The number of rotatable bonds is 5. The summed E-state index contributed by atoms with van der Waals surface area (Å²) >= 11 is 0. The molecule has 0 aromatic rings. The van der Waals surface area contributed by atoms with Crippen molar-refractivity contribution in [1.82, 2.24) is 10.2 Å². The molecule has 110 valence electrons. The largest absolute Gasteiger partial charge is 0.396 e. The van der Waals surface area contributed by atoms with E-state index in [1.165, 1.54) is 32.1 Å². The van der Waals surface area contributed by atoms with Crippen molar-refractivity contribution in [2.24, 2.45) is 11.8 Å². The van der Waals surface area contributed by atoms with Crippen LogP contribution in [0.3, 0.4) is 0 Å². The Labute approximate surface area is 116 Å². The fourth-order valence-corrected chi connectivity index (χ4v) is 3.33. The maximum absolute atomic E-state index is 12.0. The molecule has 2 rings (SSSR count). The van der Waals surface area contributed by atoms with Crippen LogP contribution in [0.25, 0.3) is 0 Å². The average Bonchev–Trinajstić information content (AvgIpc) is 3.07. The summed E-state index contributed by atoms with van der Waals surface area (Å²) in [5.41, 5.74) is 0. The number of carbonyl (C=O) groups excluding carboxylic acids is 1. The van der Waals surface area contributed by atoms with Crippen molar-refractivity contribution in [3.63, 3.8) is 0 Å². The molecule has 4 nitrogen and oxygen atoms in total. The Morgan fingerprint density at radius 1 is 1.32 bits per heavy atom. The lowest BCUT2D eigenvalue weighted by Crippen LogP contribution is -2.43. The monoisotopic (exact) mass is 268 g/mol. The van der Waals surface area contributed by atoms with Gasteiger partial charge < -0.3 is 15.3 Å². The first kappa shape index (κ1) is 14.6. The first-order valence-corrected chi connectivity index (χ1v) is 7.85. The van der Waals surface area contributed by atoms with Crippen LogP contribution in [0.4, 0.5) is 4.79 Å². The summed E-state index contributed by atoms with van der Waals surface area (Å²) in [6, 6.07) is 0.316. The quantitative estimate of drug-likeness (QED) is 0.804. The Bertz CT molecular complexity index is 290. The Morgan fingerprint density at radius 2 is 2.05 bits per heavy atom. The lowest BCUT2D eigenvalue weighted by molar-refractivity contribution is 0.194. The minimum Gasteiger partial charge on any atom is -0.396 e. The zero-order valence-corrected chi connectivity index (χ0v) is 12.1. The van der Waals surface area contributed by atoms with E-state index < -0.39 is 0 Å². The third-order valence-electron chi connectivity index (χ3n) is 4.68. The predicted molar refractivity (Wildman–Crippen MR) is 76.0 cm³/mol. The highest BCUT2D eigenvalue weighted by molar-refractivity contribution is 5.74. The summed E-state index contributed by atoms with van der Waals surface area (Å²) in [6.07, 6.45) is 8.81. The average molecular weight is 268 g/mol. The number of likely N-dealkylation sites (tertiary alicyclic amines) is 1. The molecule has 0 spiro atoms. The van der Waals surface area contributed by atoms with E-state index in [-0.39, 0.29) is 24.6 Å². The summed E-state index contributed by atoms with van der Waals surface area (Å²) in [4.78, 5) is 13.9. The van der Waals surface area contributed by atoms with Gasteiger partial charge in [-0.05, 0) is 32.1 Å². The van der Waals surface area contributed by atoms with Crippen molar-refractivity contribution >= 4 is 6.03 Å². The van der Waals surface area contributed by atoms with Gasteiger partial charge >= 0.3 is 6.03 Å². The third-order valence-corrected chi connectivity index (χ3v) is 4.68. The first-order chi connectivity index (χ1) is 9.19. The molecule has 2 atom stereocenters. The van der Waals surface area contributed by atoms with E-state index >= 15 is 0 Å². The van der Waals surface area contributed by atoms with E-state index in [9.17, 15) is 4.79 Å². The van der Waals surface area contributed by atoms with Gasteiger partial charge in [-0.25, -0.2) is 4.79 Å². The second kappa shape index (κ2) is 7.13. The highest BCUT2D eigenvalue weighted by atomic mass is 16.3. The van der Waals surface area contributed by atoms with Crippen molar-refractivity contribution in [3.05, 3.63) is 0 Å². The van der Waals surface area contributed by atoms with Gasteiger partial charge in [-0.1, -0.05) is 25.7 Å². The number of aliphatic hydroxyl groups is 1. The van der Waals surface area contributed by atoms with Gasteiger partial charge in [0.1, 0.15) is 0 Å². The SMILES string of the molecule is CC(CCC1CCCC1)NC(=O)N1CCC(CO)C1. The molecular formula is C15H28N2O2. The number of urea groups is 1. The number of nitrogens with one attached hydrogen (secondary N) is 1. The van der Waals surface area contributed by atoms with Crippen LogP contribution in [0.2, 0.25) is 0 Å². The molecule has 0 bridgehead atoms. The van der Waals surface area contributed by atoms with Gasteiger partial charge in [-0.15, -0.1) is 0 Å². The Balaban J connectivity index is 1.64.